The van der Waals surface area contributed by atoms with E-state index in [1.54, 1.807) is 6.20 Å². The van der Waals surface area contributed by atoms with Gasteiger partial charge >= 0.3 is 0 Å². The van der Waals surface area contributed by atoms with E-state index in [-0.39, 0.29) is 0 Å². The number of aromatic amines is 1. The summed E-state index contributed by atoms with van der Waals surface area (Å²) in [6, 6.07) is 3.92. The minimum Gasteiger partial charge on any atom is -0.252 e. The van der Waals surface area contributed by atoms with Gasteiger partial charge < -0.3 is 0 Å². The maximum absolute atomic E-state index is 4.21. The van der Waals surface area contributed by atoms with Crippen molar-refractivity contribution in [2.75, 3.05) is 0 Å². The van der Waals surface area contributed by atoms with Crippen molar-refractivity contribution < 1.29 is 0 Å². The van der Waals surface area contributed by atoms with Crippen LogP contribution in [0.25, 0.3) is 11.5 Å². The third-order valence-electron chi connectivity index (χ3n) is 1.83. The number of hydrogen-bond acceptors (Lipinski definition) is 4. The van der Waals surface area contributed by atoms with Gasteiger partial charge in [-0.3, -0.25) is 4.98 Å². The lowest BCUT2D eigenvalue weighted by Gasteiger charge is -1.99. The average Bonchev–Trinajstić information content (AvgIpc) is 2.70. The van der Waals surface area contributed by atoms with Crippen molar-refractivity contribution in [1.82, 2.24) is 25.6 Å². The molecule has 0 fully saturated rings. The summed E-state index contributed by atoms with van der Waals surface area (Å²) in [5, 5.41) is 13.7. The smallest absolute Gasteiger partial charge is 0.223 e. The first-order valence-electron chi connectivity index (χ1n) is 4.09. The van der Waals surface area contributed by atoms with E-state index in [0.29, 0.717) is 5.82 Å². The zero-order valence-corrected chi connectivity index (χ0v) is 7.23. The molecule has 2 rings (SSSR count). The molecule has 0 atom stereocenters. The Balaban J connectivity index is 2.51. The highest BCUT2D eigenvalue weighted by Crippen LogP contribution is 2.15. The second-order valence-electron chi connectivity index (χ2n) is 2.60. The fraction of sp³-hybridized carbons (Fsp3) is 0.250. The van der Waals surface area contributed by atoms with Crippen LogP contribution in [-0.2, 0) is 6.42 Å². The van der Waals surface area contributed by atoms with Gasteiger partial charge in [-0.2, -0.15) is 5.21 Å². The van der Waals surface area contributed by atoms with E-state index in [2.05, 4.69) is 32.5 Å². The first-order chi connectivity index (χ1) is 6.42. The van der Waals surface area contributed by atoms with Gasteiger partial charge in [-0.05, 0) is 23.3 Å². The first kappa shape index (κ1) is 7.85. The summed E-state index contributed by atoms with van der Waals surface area (Å²) in [5.74, 6) is 0.553. The predicted octanol–water partition coefficient (Wildman–Crippen LogP) is 0.824. The van der Waals surface area contributed by atoms with Gasteiger partial charge in [0, 0.05) is 6.20 Å². The van der Waals surface area contributed by atoms with Crippen LogP contribution >= 0.6 is 0 Å². The summed E-state index contributed by atoms with van der Waals surface area (Å²) >= 11 is 0. The molecular weight excluding hydrogens is 166 g/mol. The normalized spacial score (nSPS) is 10.2. The van der Waals surface area contributed by atoms with E-state index in [9.17, 15) is 0 Å². The number of nitrogens with zero attached hydrogens (tertiary/aromatic N) is 4. The molecule has 0 saturated carbocycles. The number of H-pyrrole nitrogens is 1. The molecule has 66 valence electrons. The van der Waals surface area contributed by atoms with Crippen molar-refractivity contribution in [3.63, 3.8) is 0 Å². The summed E-state index contributed by atoms with van der Waals surface area (Å²) < 4.78 is 0. The molecule has 5 heteroatoms. The van der Waals surface area contributed by atoms with E-state index >= 15 is 0 Å². The van der Waals surface area contributed by atoms with Gasteiger partial charge in [0.05, 0.1) is 0 Å². The monoisotopic (exact) mass is 175 g/mol. The summed E-state index contributed by atoms with van der Waals surface area (Å²) in [5.41, 5.74) is 1.93. The molecule has 0 aromatic carbocycles. The molecule has 0 unspecified atom stereocenters. The van der Waals surface area contributed by atoms with Crippen molar-refractivity contribution in [3.8, 4) is 11.5 Å². The van der Waals surface area contributed by atoms with Crippen LogP contribution in [0.15, 0.2) is 18.3 Å². The molecule has 0 spiro atoms. The highest BCUT2D eigenvalue weighted by Gasteiger charge is 2.07. The van der Waals surface area contributed by atoms with Crippen LogP contribution in [0.2, 0.25) is 0 Å². The van der Waals surface area contributed by atoms with Crippen molar-refractivity contribution in [2.45, 2.75) is 13.3 Å². The maximum Gasteiger partial charge on any atom is 0.223 e. The molecule has 0 aliphatic rings. The van der Waals surface area contributed by atoms with Crippen molar-refractivity contribution in [3.05, 3.63) is 23.9 Å². The average molecular weight is 175 g/mol. The van der Waals surface area contributed by atoms with Crippen LogP contribution in [0.3, 0.4) is 0 Å². The third kappa shape index (κ3) is 1.40. The summed E-state index contributed by atoms with van der Waals surface area (Å²) in [6.07, 6.45) is 2.64. The minimum atomic E-state index is 0.553. The summed E-state index contributed by atoms with van der Waals surface area (Å²) in [7, 11) is 0. The first-order valence-corrected chi connectivity index (χ1v) is 4.09. The zero-order valence-electron chi connectivity index (χ0n) is 7.23. The second kappa shape index (κ2) is 3.30. The number of tetrazole rings is 1. The van der Waals surface area contributed by atoms with Crippen LogP contribution in [-0.4, -0.2) is 25.6 Å². The van der Waals surface area contributed by atoms with Gasteiger partial charge in [0.15, 0.2) is 0 Å². The Morgan fingerprint density at radius 2 is 2.38 bits per heavy atom. The zero-order chi connectivity index (χ0) is 9.10. The fourth-order valence-electron chi connectivity index (χ4n) is 1.19. The van der Waals surface area contributed by atoms with E-state index in [0.717, 1.165) is 17.7 Å². The highest BCUT2D eigenvalue weighted by molar-refractivity contribution is 5.53. The molecule has 1 N–H and O–H groups in total. The molecular formula is C8H9N5. The van der Waals surface area contributed by atoms with Gasteiger partial charge in [0.2, 0.25) is 5.82 Å². The standard InChI is InChI=1S/C8H9N5/c1-2-6-4-3-5-9-7(6)8-10-12-13-11-8/h3-5H,2H2,1H3,(H,10,11,12,13). The molecule has 0 saturated heterocycles. The fourth-order valence-corrected chi connectivity index (χ4v) is 1.19. The molecule has 2 aromatic rings. The van der Waals surface area contributed by atoms with E-state index in [1.165, 1.54) is 0 Å². The Hall–Kier alpha value is -1.78. The van der Waals surface area contributed by atoms with Crippen molar-refractivity contribution in [2.24, 2.45) is 0 Å². The van der Waals surface area contributed by atoms with Crippen LogP contribution in [0.5, 0.6) is 0 Å². The SMILES string of the molecule is CCc1cccnc1-c1nn[nH]n1. The molecule has 0 aliphatic carbocycles. The summed E-state index contributed by atoms with van der Waals surface area (Å²) in [6.45, 7) is 2.07. The van der Waals surface area contributed by atoms with Crippen molar-refractivity contribution >= 4 is 0 Å². The highest BCUT2D eigenvalue weighted by atomic mass is 15.5. The Morgan fingerprint density at radius 1 is 1.46 bits per heavy atom. The quantitative estimate of drug-likeness (QED) is 0.733. The molecule has 0 radical (unpaired) electrons. The number of rotatable bonds is 2. The second-order valence-corrected chi connectivity index (χ2v) is 2.60. The van der Waals surface area contributed by atoms with Gasteiger partial charge in [0.1, 0.15) is 5.69 Å². The minimum absolute atomic E-state index is 0.553. The Kier molecular flexibility index (Phi) is 1.99. The van der Waals surface area contributed by atoms with Crippen LogP contribution < -0.4 is 0 Å². The van der Waals surface area contributed by atoms with Gasteiger partial charge in [0.25, 0.3) is 0 Å². The van der Waals surface area contributed by atoms with Gasteiger partial charge in [-0.15, -0.1) is 10.2 Å². The van der Waals surface area contributed by atoms with E-state index < -0.39 is 0 Å². The summed E-state index contributed by atoms with van der Waals surface area (Å²) in [4.78, 5) is 4.21. The molecule has 2 aromatic heterocycles. The largest absolute Gasteiger partial charge is 0.252 e. The lowest BCUT2D eigenvalue weighted by Crippen LogP contribution is -1.92. The van der Waals surface area contributed by atoms with Crippen molar-refractivity contribution in [1.29, 1.82) is 0 Å². The lowest BCUT2D eigenvalue weighted by atomic mass is 10.1. The van der Waals surface area contributed by atoms with Gasteiger partial charge in [-0.25, -0.2) is 0 Å². The molecule has 0 amide bonds. The van der Waals surface area contributed by atoms with Gasteiger partial charge in [-0.1, -0.05) is 13.0 Å². The third-order valence-corrected chi connectivity index (χ3v) is 1.83. The maximum atomic E-state index is 4.21. The molecule has 2 heterocycles. The van der Waals surface area contributed by atoms with E-state index in [4.69, 9.17) is 0 Å². The number of aromatic nitrogens is 5. The Bertz CT molecular complexity index is 381. The number of pyridine rings is 1. The van der Waals surface area contributed by atoms with Crippen LogP contribution in [0.1, 0.15) is 12.5 Å². The topological polar surface area (TPSA) is 67.3 Å². The number of hydrogen-bond donors (Lipinski definition) is 1. The molecule has 0 bridgehead atoms. The molecule has 0 aliphatic heterocycles. The number of aryl methyl sites for hydroxylation is 1. The molecule has 13 heavy (non-hydrogen) atoms. The van der Waals surface area contributed by atoms with Crippen LogP contribution in [0, 0.1) is 0 Å². The Labute approximate surface area is 75.2 Å². The van der Waals surface area contributed by atoms with Crippen LogP contribution in [0.4, 0.5) is 0 Å². The lowest BCUT2D eigenvalue weighted by molar-refractivity contribution is 0.881. The van der Waals surface area contributed by atoms with E-state index in [1.807, 2.05) is 12.1 Å². The predicted molar refractivity (Wildman–Crippen MR) is 46.8 cm³/mol. The number of nitrogens with one attached hydrogen (secondary N) is 1. The molecule has 5 nitrogen and oxygen atoms in total. The Morgan fingerprint density at radius 3 is 3.08 bits per heavy atom.